The molecule has 3 aromatic rings. The van der Waals surface area contributed by atoms with Gasteiger partial charge in [0.2, 0.25) is 0 Å². The number of hydrogen-bond acceptors (Lipinski definition) is 5. The van der Waals surface area contributed by atoms with Crippen LogP contribution in [0.2, 0.25) is 0 Å². The first kappa shape index (κ1) is 16.4. The molecule has 1 unspecified atom stereocenters. The summed E-state index contributed by atoms with van der Waals surface area (Å²) in [5.41, 5.74) is -0.456. The van der Waals surface area contributed by atoms with Crippen LogP contribution in [0.3, 0.4) is 0 Å². The lowest BCUT2D eigenvalue weighted by Gasteiger charge is -2.09. The molecule has 0 aliphatic carbocycles. The van der Waals surface area contributed by atoms with Crippen LogP contribution in [-0.4, -0.2) is 31.0 Å². The quantitative estimate of drug-likeness (QED) is 0.753. The second-order valence-corrected chi connectivity index (χ2v) is 5.02. The van der Waals surface area contributed by atoms with Gasteiger partial charge in [-0.05, 0) is 24.3 Å². The summed E-state index contributed by atoms with van der Waals surface area (Å²) >= 11 is 0. The number of imidazole rings is 1. The van der Waals surface area contributed by atoms with E-state index in [1.807, 2.05) is 6.07 Å². The van der Waals surface area contributed by atoms with Crippen molar-refractivity contribution in [2.24, 2.45) is 0 Å². The second-order valence-electron chi connectivity index (χ2n) is 5.02. The van der Waals surface area contributed by atoms with Crippen LogP contribution in [0.4, 0.5) is 13.2 Å². The zero-order valence-corrected chi connectivity index (χ0v) is 12.2. The van der Waals surface area contributed by atoms with Gasteiger partial charge < -0.3 is 10.1 Å². The SMILES string of the molecule is N#CC(c1nccc(C(F)(F)F)n1)c1nc2ccc(C(=O)O)cc2[nH]1. The van der Waals surface area contributed by atoms with Crippen LogP contribution in [0.5, 0.6) is 0 Å². The van der Waals surface area contributed by atoms with Gasteiger partial charge in [0.15, 0.2) is 11.7 Å². The summed E-state index contributed by atoms with van der Waals surface area (Å²) in [6.45, 7) is 0. The van der Waals surface area contributed by atoms with E-state index < -0.39 is 23.8 Å². The summed E-state index contributed by atoms with van der Waals surface area (Å²) in [5.74, 6) is -2.73. The fourth-order valence-electron chi connectivity index (χ4n) is 2.21. The van der Waals surface area contributed by atoms with Gasteiger partial charge in [-0.2, -0.15) is 18.4 Å². The molecule has 0 saturated carbocycles. The van der Waals surface area contributed by atoms with E-state index in [1.54, 1.807) is 0 Å². The lowest BCUT2D eigenvalue weighted by molar-refractivity contribution is -0.141. The highest BCUT2D eigenvalue weighted by Gasteiger charge is 2.34. The van der Waals surface area contributed by atoms with Gasteiger partial charge in [-0.3, -0.25) is 0 Å². The Morgan fingerprint density at radius 1 is 1.28 bits per heavy atom. The Kier molecular flexibility index (Phi) is 3.84. The van der Waals surface area contributed by atoms with Crippen LogP contribution in [0.25, 0.3) is 11.0 Å². The van der Waals surface area contributed by atoms with E-state index in [0.717, 1.165) is 6.20 Å². The fourth-order valence-corrected chi connectivity index (χ4v) is 2.21. The van der Waals surface area contributed by atoms with Crippen molar-refractivity contribution < 1.29 is 23.1 Å². The minimum absolute atomic E-state index is 0.00604. The molecule has 2 heterocycles. The maximum atomic E-state index is 12.8. The third-order valence-corrected chi connectivity index (χ3v) is 3.37. The van der Waals surface area contributed by atoms with Crippen molar-refractivity contribution in [3.05, 3.63) is 53.4 Å². The molecule has 0 bridgehead atoms. The van der Waals surface area contributed by atoms with Crippen LogP contribution >= 0.6 is 0 Å². The molecule has 1 aromatic carbocycles. The molecule has 2 N–H and O–H groups in total. The first-order valence-corrected chi connectivity index (χ1v) is 6.82. The number of carboxylic acids is 1. The number of benzene rings is 1. The molecule has 126 valence electrons. The monoisotopic (exact) mass is 347 g/mol. The molecule has 3 rings (SSSR count). The number of alkyl halides is 3. The fraction of sp³-hybridized carbons (Fsp3) is 0.133. The highest BCUT2D eigenvalue weighted by atomic mass is 19.4. The van der Waals surface area contributed by atoms with Crippen LogP contribution in [0.15, 0.2) is 30.5 Å². The Morgan fingerprint density at radius 3 is 2.68 bits per heavy atom. The maximum Gasteiger partial charge on any atom is 0.433 e. The largest absolute Gasteiger partial charge is 0.478 e. The average molecular weight is 347 g/mol. The number of aromatic amines is 1. The Bertz CT molecular complexity index is 1010. The normalized spacial score (nSPS) is 12.7. The smallest absolute Gasteiger partial charge is 0.433 e. The molecule has 1 atom stereocenters. The van der Waals surface area contributed by atoms with Gasteiger partial charge in [0.25, 0.3) is 0 Å². The molecule has 0 spiro atoms. The van der Waals surface area contributed by atoms with Gasteiger partial charge in [0, 0.05) is 6.20 Å². The maximum absolute atomic E-state index is 12.8. The predicted molar refractivity (Wildman–Crippen MR) is 77.5 cm³/mol. The van der Waals surface area contributed by atoms with Crippen molar-refractivity contribution in [3.8, 4) is 6.07 Å². The predicted octanol–water partition coefficient (Wildman–Crippen LogP) is 2.73. The van der Waals surface area contributed by atoms with Crippen LogP contribution in [-0.2, 0) is 6.18 Å². The van der Waals surface area contributed by atoms with Gasteiger partial charge in [-0.15, -0.1) is 0 Å². The second kappa shape index (κ2) is 5.86. The number of nitrogens with one attached hydrogen (secondary N) is 1. The van der Waals surface area contributed by atoms with Crippen molar-refractivity contribution in [3.63, 3.8) is 0 Å². The van der Waals surface area contributed by atoms with Crippen molar-refractivity contribution in [1.82, 2.24) is 19.9 Å². The molecule has 0 amide bonds. The summed E-state index contributed by atoms with van der Waals surface area (Å²) in [6.07, 6.45) is -3.75. The standard InChI is InChI=1S/C15H8F3N5O2/c16-15(17,18)11-3-4-20-12(23-11)8(6-19)13-21-9-2-1-7(14(24)25)5-10(9)22-13/h1-5,8H,(H,21,22)(H,24,25). The number of aromatic carboxylic acids is 1. The van der Waals surface area contributed by atoms with Crippen molar-refractivity contribution >= 4 is 17.0 Å². The number of hydrogen-bond donors (Lipinski definition) is 2. The van der Waals surface area contributed by atoms with Crippen LogP contribution in [0, 0.1) is 11.3 Å². The first-order valence-electron chi connectivity index (χ1n) is 6.82. The van der Waals surface area contributed by atoms with Gasteiger partial charge >= 0.3 is 12.1 Å². The lowest BCUT2D eigenvalue weighted by atomic mass is 10.1. The topological polar surface area (TPSA) is 116 Å². The van der Waals surface area contributed by atoms with Crippen molar-refractivity contribution in [1.29, 1.82) is 5.26 Å². The molecular formula is C15H8F3N5O2. The molecule has 7 nitrogen and oxygen atoms in total. The molecule has 25 heavy (non-hydrogen) atoms. The Labute approximate surface area is 137 Å². The van der Waals surface area contributed by atoms with E-state index in [9.17, 15) is 23.2 Å². The highest BCUT2D eigenvalue weighted by Crippen LogP contribution is 2.29. The van der Waals surface area contributed by atoms with Crippen molar-refractivity contribution in [2.75, 3.05) is 0 Å². The molecule has 0 saturated heterocycles. The van der Waals surface area contributed by atoms with E-state index >= 15 is 0 Å². The number of nitriles is 1. The summed E-state index contributed by atoms with van der Waals surface area (Å²) in [6, 6.07) is 6.59. The summed E-state index contributed by atoms with van der Waals surface area (Å²) in [5, 5.41) is 18.3. The molecule has 0 aliphatic heterocycles. The zero-order chi connectivity index (χ0) is 18.2. The summed E-state index contributed by atoms with van der Waals surface area (Å²) < 4.78 is 38.3. The number of nitrogens with zero attached hydrogens (tertiary/aromatic N) is 4. The molecule has 0 aliphatic rings. The summed E-state index contributed by atoms with van der Waals surface area (Å²) in [7, 11) is 0. The molecule has 0 radical (unpaired) electrons. The minimum atomic E-state index is -4.66. The Balaban J connectivity index is 2.06. The van der Waals surface area contributed by atoms with Gasteiger partial charge in [-0.25, -0.2) is 19.7 Å². The Hall–Kier alpha value is -3.48. The zero-order valence-electron chi connectivity index (χ0n) is 12.2. The highest BCUT2D eigenvalue weighted by molar-refractivity contribution is 5.92. The van der Waals surface area contributed by atoms with Gasteiger partial charge in [0.1, 0.15) is 11.5 Å². The molecule has 2 aromatic heterocycles. The minimum Gasteiger partial charge on any atom is -0.478 e. The van der Waals surface area contributed by atoms with E-state index in [-0.39, 0.29) is 17.2 Å². The van der Waals surface area contributed by atoms with E-state index in [2.05, 4.69) is 19.9 Å². The van der Waals surface area contributed by atoms with E-state index in [0.29, 0.717) is 17.1 Å². The van der Waals surface area contributed by atoms with Crippen LogP contribution in [0.1, 0.15) is 33.6 Å². The van der Waals surface area contributed by atoms with E-state index in [1.165, 1.54) is 18.2 Å². The number of carbonyl (C=O) groups is 1. The first-order chi connectivity index (χ1) is 11.8. The number of halogens is 3. The Morgan fingerprint density at radius 2 is 2.04 bits per heavy atom. The van der Waals surface area contributed by atoms with Crippen molar-refractivity contribution in [2.45, 2.75) is 12.1 Å². The number of H-pyrrole nitrogens is 1. The third-order valence-electron chi connectivity index (χ3n) is 3.37. The number of fused-ring (bicyclic) bond motifs is 1. The molecule has 0 fully saturated rings. The lowest BCUT2D eigenvalue weighted by Crippen LogP contribution is -2.13. The summed E-state index contributed by atoms with van der Waals surface area (Å²) in [4.78, 5) is 25.0. The van der Waals surface area contributed by atoms with Crippen LogP contribution < -0.4 is 0 Å². The third kappa shape index (κ3) is 3.12. The molecular weight excluding hydrogens is 339 g/mol. The number of aromatic nitrogens is 4. The van der Waals surface area contributed by atoms with Gasteiger partial charge in [0.05, 0.1) is 22.7 Å². The van der Waals surface area contributed by atoms with E-state index in [4.69, 9.17) is 5.11 Å². The number of rotatable bonds is 3. The molecule has 10 heteroatoms. The number of carboxylic acid groups (broad SMARTS) is 1. The average Bonchev–Trinajstić information content (AvgIpc) is 2.97. The van der Waals surface area contributed by atoms with Gasteiger partial charge in [-0.1, -0.05) is 0 Å².